The smallest absolute Gasteiger partial charge is 0.0376 e. The standard InChI is InChI=1S/C13H24ClN/c14-13-8-4-3-7-12(13)10-15-9-11-5-1-2-6-11/h11-13,15H,1-10H2. The zero-order valence-electron chi connectivity index (χ0n) is 9.68. The van der Waals surface area contributed by atoms with Crippen LogP contribution < -0.4 is 5.32 Å². The molecule has 1 N–H and O–H groups in total. The molecule has 0 aromatic rings. The molecule has 2 aliphatic rings. The van der Waals surface area contributed by atoms with Crippen LogP contribution in [0.4, 0.5) is 0 Å². The first-order valence-corrected chi connectivity index (χ1v) is 7.14. The van der Waals surface area contributed by atoms with Crippen LogP contribution in [0.3, 0.4) is 0 Å². The van der Waals surface area contributed by atoms with E-state index in [2.05, 4.69) is 5.32 Å². The van der Waals surface area contributed by atoms with E-state index in [1.807, 2.05) is 0 Å². The van der Waals surface area contributed by atoms with Gasteiger partial charge in [0.15, 0.2) is 0 Å². The summed E-state index contributed by atoms with van der Waals surface area (Å²) in [6.45, 7) is 2.39. The Kier molecular flexibility index (Phi) is 4.77. The lowest BCUT2D eigenvalue weighted by Gasteiger charge is -2.27. The van der Waals surface area contributed by atoms with Crippen LogP contribution in [-0.4, -0.2) is 18.5 Å². The van der Waals surface area contributed by atoms with E-state index in [0.29, 0.717) is 5.38 Å². The van der Waals surface area contributed by atoms with Crippen molar-refractivity contribution in [2.24, 2.45) is 11.8 Å². The van der Waals surface area contributed by atoms with Crippen LogP contribution in [0.15, 0.2) is 0 Å². The van der Waals surface area contributed by atoms with E-state index in [4.69, 9.17) is 11.6 Å². The molecular weight excluding hydrogens is 206 g/mol. The van der Waals surface area contributed by atoms with Gasteiger partial charge in [-0.25, -0.2) is 0 Å². The molecule has 0 aromatic heterocycles. The van der Waals surface area contributed by atoms with Crippen molar-refractivity contribution >= 4 is 11.6 Å². The monoisotopic (exact) mass is 229 g/mol. The third-order valence-electron chi connectivity index (χ3n) is 4.13. The first kappa shape index (κ1) is 11.7. The predicted molar refractivity (Wildman–Crippen MR) is 66.4 cm³/mol. The van der Waals surface area contributed by atoms with E-state index in [1.165, 1.54) is 57.9 Å². The van der Waals surface area contributed by atoms with E-state index in [0.717, 1.165) is 18.4 Å². The number of alkyl halides is 1. The fourth-order valence-corrected chi connectivity index (χ4v) is 3.45. The van der Waals surface area contributed by atoms with Crippen molar-refractivity contribution in [3.63, 3.8) is 0 Å². The maximum Gasteiger partial charge on any atom is 0.0376 e. The van der Waals surface area contributed by atoms with Crippen molar-refractivity contribution < 1.29 is 0 Å². The molecule has 1 nitrogen and oxygen atoms in total. The molecule has 0 heterocycles. The van der Waals surface area contributed by atoms with Crippen molar-refractivity contribution in [1.29, 1.82) is 0 Å². The molecule has 0 spiro atoms. The molecule has 2 saturated carbocycles. The van der Waals surface area contributed by atoms with Gasteiger partial charge in [-0.05, 0) is 50.6 Å². The molecule has 2 rings (SSSR count). The van der Waals surface area contributed by atoms with Crippen LogP contribution in [0, 0.1) is 11.8 Å². The minimum absolute atomic E-state index is 0.440. The van der Waals surface area contributed by atoms with Gasteiger partial charge in [0.2, 0.25) is 0 Å². The van der Waals surface area contributed by atoms with Crippen LogP contribution in [0.1, 0.15) is 51.4 Å². The summed E-state index contributed by atoms with van der Waals surface area (Å²) >= 11 is 6.34. The maximum atomic E-state index is 6.34. The summed E-state index contributed by atoms with van der Waals surface area (Å²) in [4.78, 5) is 0. The van der Waals surface area contributed by atoms with Crippen molar-refractivity contribution in [3.05, 3.63) is 0 Å². The normalized spacial score (nSPS) is 33.4. The highest BCUT2D eigenvalue weighted by Crippen LogP contribution is 2.28. The fraction of sp³-hybridized carbons (Fsp3) is 1.00. The second kappa shape index (κ2) is 6.10. The van der Waals surface area contributed by atoms with Crippen LogP contribution >= 0.6 is 11.6 Å². The van der Waals surface area contributed by atoms with Gasteiger partial charge in [0.25, 0.3) is 0 Å². The Morgan fingerprint density at radius 3 is 2.27 bits per heavy atom. The molecule has 0 radical (unpaired) electrons. The molecule has 2 heteroatoms. The molecule has 0 amide bonds. The van der Waals surface area contributed by atoms with Gasteiger partial charge in [-0.3, -0.25) is 0 Å². The largest absolute Gasteiger partial charge is 0.316 e. The Morgan fingerprint density at radius 2 is 1.53 bits per heavy atom. The lowest BCUT2D eigenvalue weighted by molar-refractivity contribution is 0.338. The van der Waals surface area contributed by atoms with Crippen LogP contribution in [0.5, 0.6) is 0 Å². The summed E-state index contributed by atoms with van der Waals surface area (Å²) in [5.41, 5.74) is 0. The van der Waals surface area contributed by atoms with E-state index >= 15 is 0 Å². The quantitative estimate of drug-likeness (QED) is 0.727. The van der Waals surface area contributed by atoms with Gasteiger partial charge < -0.3 is 5.32 Å². The Balaban J connectivity index is 1.59. The van der Waals surface area contributed by atoms with Gasteiger partial charge in [0.05, 0.1) is 0 Å². The molecular formula is C13H24ClN. The predicted octanol–water partition coefficient (Wildman–Crippen LogP) is 3.56. The van der Waals surface area contributed by atoms with E-state index in [1.54, 1.807) is 0 Å². The van der Waals surface area contributed by atoms with Crippen LogP contribution in [0.25, 0.3) is 0 Å². The number of nitrogens with one attached hydrogen (secondary N) is 1. The molecule has 0 bridgehead atoms. The van der Waals surface area contributed by atoms with Crippen molar-refractivity contribution in [3.8, 4) is 0 Å². The van der Waals surface area contributed by atoms with Gasteiger partial charge in [0, 0.05) is 5.38 Å². The van der Waals surface area contributed by atoms with E-state index in [9.17, 15) is 0 Å². The molecule has 15 heavy (non-hydrogen) atoms. The highest BCUT2D eigenvalue weighted by molar-refractivity contribution is 6.20. The highest BCUT2D eigenvalue weighted by atomic mass is 35.5. The molecule has 2 aliphatic carbocycles. The summed E-state index contributed by atoms with van der Waals surface area (Å²) < 4.78 is 0. The summed E-state index contributed by atoms with van der Waals surface area (Å²) in [5, 5.41) is 4.08. The highest BCUT2D eigenvalue weighted by Gasteiger charge is 2.23. The van der Waals surface area contributed by atoms with Gasteiger partial charge in [-0.15, -0.1) is 11.6 Å². The zero-order valence-corrected chi connectivity index (χ0v) is 10.4. The number of halogens is 1. The number of hydrogen-bond acceptors (Lipinski definition) is 1. The van der Waals surface area contributed by atoms with E-state index in [-0.39, 0.29) is 0 Å². The van der Waals surface area contributed by atoms with Crippen molar-refractivity contribution in [2.45, 2.75) is 56.7 Å². The Morgan fingerprint density at radius 1 is 0.867 bits per heavy atom. The number of rotatable bonds is 4. The molecule has 2 fully saturated rings. The third-order valence-corrected chi connectivity index (χ3v) is 4.71. The topological polar surface area (TPSA) is 12.0 Å². The van der Waals surface area contributed by atoms with Crippen LogP contribution in [-0.2, 0) is 0 Å². The van der Waals surface area contributed by atoms with Crippen LogP contribution in [0.2, 0.25) is 0 Å². The van der Waals surface area contributed by atoms with Gasteiger partial charge in [-0.1, -0.05) is 25.7 Å². The zero-order chi connectivity index (χ0) is 10.5. The minimum atomic E-state index is 0.440. The second-order valence-corrected chi connectivity index (χ2v) is 5.93. The van der Waals surface area contributed by atoms with Crippen molar-refractivity contribution in [2.75, 3.05) is 13.1 Å². The first-order valence-electron chi connectivity index (χ1n) is 6.71. The molecule has 2 unspecified atom stereocenters. The Bertz CT molecular complexity index is 177. The fourth-order valence-electron chi connectivity index (χ4n) is 3.08. The molecule has 0 aromatic carbocycles. The minimum Gasteiger partial charge on any atom is -0.316 e. The SMILES string of the molecule is ClC1CCCCC1CNCC1CCCC1. The lowest BCUT2D eigenvalue weighted by Crippen LogP contribution is -2.33. The average Bonchev–Trinajstić information content (AvgIpc) is 2.74. The summed E-state index contributed by atoms with van der Waals surface area (Å²) in [7, 11) is 0. The second-order valence-electron chi connectivity index (χ2n) is 5.37. The molecule has 0 aliphatic heterocycles. The summed E-state index contributed by atoms with van der Waals surface area (Å²) in [5.74, 6) is 1.70. The lowest BCUT2D eigenvalue weighted by atomic mass is 9.88. The Hall–Kier alpha value is 0.250. The number of hydrogen-bond donors (Lipinski definition) is 1. The molecule has 88 valence electrons. The third kappa shape index (κ3) is 3.64. The van der Waals surface area contributed by atoms with E-state index < -0.39 is 0 Å². The first-order chi connectivity index (χ1) is 7.36. The summed E-state index contributed by atoms with van der Waals surface area (Å²) in [6, 6.07) is 0. The molecule has 0 saturated heterocycles. The van der Waals surface area contributed by atoms with Crippen molar-refractivity contribution in [1.82, 2.24) is 5.32 Å². The van der Waals surface area contributed by atoms with Gasteiger partial charge in [-0.2, -0.15) is 0 Å². The summed E-state index contributed by atoms with van der Waals surface area (Å²) in [6.07, 6.45) is 11.1. The Labute approximate surface area is 99.0 Å². The van der Waals surface area contributed by atoms with Gasteiger partial charge >= 0.3 is 0 Å². The molecule has 2 atom stereocenters. The van der Waals surface area contributed by atoms with Gasteiger partial charge in [0.1, 0.15) is 0 Å². The average molecular weight is 230 g/mol. The maximum absolute atomic E-state index is 6.34.